The first-order valence-electron chi connectivity index (χ1n) is 23.2. The topological polar surface area (TPSA) is 175 Å². The first-order valence-corrected chi connectivity index (χ1v) is 23.2. The summed E-state index contributed by atoms with van der Waals surface area (Å²) in [5, 5.41) is 16.0. The molecule has 3 unspecified atom stereocenters. The molecule has 0 radical (unpaired) electrons. The van der Waals surface area contributed by atoms with Crippen LogP contribution in [-0.2, 0) is 20.7 Å². The molecule has 4 aliphatic rings. The van der Waals surface area contributed by atoms with E-state index in [2.05, 4.69) is 21.9 Å². The van der Waals surface area contributed by atoms with Crippen LogP contribution in [-0.4, -0.2) is 123 Å². The normalized spacial score (nSPS) is 22.3. The van der Waals surface area contributed by atoms with Crippen molar-refractivity contribution in [2.24, 2.45) is 5.92 Å². The molecule has 17 heteroatoms. The Bertz CT molecular complexity index is 2600. The molecule has 5 aromatic rings. The van der Waals surface area contributed by atoms with Crippen LogP contribution in [0.15, 0.2) is 47.1 Å². The standard InChI is InChI=1S/C49H60FN7O9/c1-8-29-11-9-12-30-19-34(64-27-61-7)20-35(40(29)30)42-41(50)43-36(22-51-42)44(55-23-31-13-14-32(24-55)57(31)47(60)65-48(4,5)6)53-46(52-43)63-26-49-16-10-18-56(49)33(15-17-49)25-62-38-21-37(66-54-38)39(28(2)3)45(58)59/h9,11-12,19-22,28,31-33,39H,8,10,13-18,23-27H2,1-7H3,(H,58,59)/t31?,32?,33-,39?,49-/m1/s1. The molecule has 0 saturated carbocycles. The van der Waals surface area contributed by atoms with Gasteiger partial charge in [-0.2, -0.15) is 9.97 Å². The molecule has 4 saturated heterocycles. The number of ether oxygens (including phenoxy) is 5. The molecule has 1 amide bonds. The molecule has 3 aromatic heterocycles. The fraction of sp³-hybridized carbons (Fsp3) is 0.551. The van der Waals surface area contributed by atoms with Crippen molar-refractivity contribution >= 4 is 39.6 Å². The Hall–Kier alpha value is -5.81. The van der Waals surface area contributed by atoms with Crippen molar-refractivity contribution in [3.63, 3.8) is 0 Å². The highest BCUT2D eigenvalue weighted by Crippen LogP contribution is 2.44. The average Bonchev–Trinajstić information content (AvgIpc) is 4.05. The second-order valence-corrected chi connectivity index (χ2v) is 19.5. The molecule has 2 aromatic carbocycles. The second kappa shape index (κ2) is 18.1. The van der Waals surface area contributed by atoms with Crippen molar-refractivity contribution in [2.45, 2.75) is 122 Å². The first kappa shape index (κ1) is 45.4. The molecule has 66 heavy (non-hydrogen) atoms. The molecule has 1 N–H and O–H groups in total. The van der Waals surface area contributed by atoms with Crippen molar-refractivity contribution < 1.29 is 47.3 Å². The van der Waals surface area contributed by atoms with E-state index in [-0.39, 0.29) is 77.9 Å². The van der Waals surface area contributed by atoms with Gasteiger partial charge in [-0.25, -0.2) is 9.18 Å². The highest BCUT2D eigenvalue weighted by atomic mass is 19.1. The Kier molecular flexibility index (Phi) is 12.4. The van der Waals surface area contributed by atoms with Gasteiger partial charge in [-0.15, -0.1) is 0 Å². The summed E-state index contributed by atoms with van der Waals surface area (Å²) in [4.78, 5) is 46.5. The zero-order valence-electron chi connectivity index (χ0n) is 38.8. The van der Waals surface area contributed by atoms with Crippen LogP contribution in [0.1, 0.15) is 97.3 Å². The van der Waals surface area contributed by atoms with Crippen LogP contribution in [0, 0.1) is 11.7 Å². The van der Waals surface area contributed by atoms with Gasteiger partial charge in [0.2, 0.25) is 0 Å². The van der Waals surface area contributed by atoms with Crippen LogP contribution in [0.25, 0.3) is 32.9 Å². The molecular weight excluding hydrogens is 850 g/mol. The van der Waals surface area contributed by atoms with Gasteiger partial charge in [-0.1, -0.05) is 39.0 Å². The maximum absolute atomic E-state index is 17.7. The smallest absolute Gasteiger partial charge is 0.410 e. The number of carboxylic acids is 1. The Morgan fingerprint density at radius 2 is 1.82 bits per heavy atom. The van der Waals surface area contributed by atoms with Gasteiger partial charge in [-0.3, -0.25) is 19.6 Å². The van der Waals surface area contributed by atoms with Crippen LogP contribution < -0.4 is 19.1 Å². The van der Waals surface area contributed by atoms with Crippen molar-refractivity contribution in [3.05, 3.63) is 59.7 Å². The van der Waals surface area contributed by atoms with E-state index < -0.39 is 23.3 Å². The fourth-order valence-electron chi connectivity index (χ4n) is 10.8. The number of aromatic nitrogens is 4. The number of rotatable bonds is 15. The van der Waals surface area contributed by atoms with Crippen molar-refractivity contribution in [1.82, 2.24) is 29.9 Å². The maximum atomic E-state index is 17.7. The van der Waals surface area contributed by atoms with Crippen molar-refractivity contribution in [3.8, 4) is 28.9 Å². The van der Waals surface area contributed by atoms with Gasteiger partial charge in [0.15, 0.2) is 18.4 Å². The number of carbonyl (C=O) groups is 2. The zero-order chi connectivity index (χ0) is 46.5. The van der Waals surface area contributed by atoms with Crippen LogP contribution in [0.3, 0.4) is 0 Å². The summed E-state index contributed by atoms with van der Waals surface area (Å²) in [6.07, 6.45) is 7.19. The second-order valence-electron chi connectivity index (χ2n) is 19.5. The molecule has 4 aliphatic heterocycles. The SMILES string of the molecule is CCc1cccc2cc(OCOC)cc(-c3ncc4c(N5CC6CCC(C5)N6C(=O)OC(C)(C)C)nc(OC[C@]56CCCN5[C@@H](COc5cc(C(C(=O)O)C(C)C)on5)CC6)nc4c3F)c12. The molecule has 352 valence electrons. The Morgan fingerprint density at radius 3 is 2.53 bits per heavy atom. The van der Waals surface area contributed by atoms with Gasteiger partial charge < -0.3 is 38.2 Å². The quantitative estimate of drug-likeness (QED) is 0.0991. The Labute approximate surface area is 383 Å². The minimum Gasteiger partial charge on any atom is -0.481 e. The van der Waals surface area contributed by atoms with Gasteiger partial charge in [0.05, 0.1) is 23.0 Å². The summed E-state index contributed by atoms with van der Waals surface area (Å²) < 4.78 is 52.8. The number of aryl methyl sites for hydroxylation is 1. The molecule has 0 aliphatic carbocycles. The summed E-state index contributed by atoms with van der Waals surface area (Å²) in [7, 11) is 1.55. The molecule has 16 nitrogen and oxygen atoms in total. The number of hydrogen-bond acceptors (Lipinski definition) is 14. The number of nitrogens with zero attached hydrogens (tertiary/aromatic N) is 7. The van der Waals surface area contributed by atoms with Crippen molar-refractivity contribution in [1.29, 1.82) is 0 Å². The monoisotopic (exact) mass is 909 g/mol. The lowest BCUT2D eigenvalue weighted by Crippen LogP contribution is -2.57. The predicted octanol–water partition coefficient (Wildman–Crippen LogP) is 8.38. The maximum Gasteiger partial charge on any atom is 0.410 e. The van der Waals surface area contributed by atoms with Gasteiger partial charge in [-0.05, 0) is 112 Å². The van der Waals surface area contributed by atoms with Crippen LogP contribution >= 0.6 is 0 Å². The Balaban J connectivity index is 1.04. The number of carboxylic acid groups (broad SMARTS) is 1. The number of carbonyl (C=O) groups excluding carboxylic acids is 1. The molecule has 4 fully saturated rings. The third-order valence-electron chi connectivity index (χ3n) is 13.7. The molecular formula is C49H60FN7O9. The van der Waals surface area contributed by atoms with Gasteiger partial charge in [0, 0.05) is 44.1 Å². The van der Waals surface area contributed by atoms with Gasteiger partial charge in [0.1, 0.15) is 47.5 Å². The van der Waals surface area contributed by atoms with E-state index in [9.17, 15) is 14.7 Å². The van der Waals surface area contributed by atoms with Crippen LogP contribution in [0.2, 0.25) is 0 Å². The van der Waals surface area contributed by atoms with Crippen LogP contribution in [0.5, 0.6) is 17.6 Å². The van der Waals surface area contributed by atoms with E-state index in [1.807, 2.05) is 63.8 Å². The average molecular weight is 910 g/mol. The van der Waals surface area contributed by atoms with E-state index >= 15 is 4.39 Å². The van der Waals surface area contributed by atoms with E-state index in [1.54, 1.807) is 25.4 Å². The number of benzene rings is 2. The summed E-state index contributed by atoms with van der Waals surface area (Å²) in [6, 6.07) is 11.2. The highest BCUT2D eigenvalue weighted by molar-refractivity contribution is 6.01. The zero-order valence-corrected chi connectivity index (χ0v) is 38.8. The number of hydrogen-bond donors (Lipinski definition) is 1. The molecule has 7 heterocycles. The molecule has 9 rings (SSSR count). The van der Waals surface area contributed by atoms with Crippen LogP contribution in [0.4, 0.5) is 15.0 Å². The van der Waals surface area contributed by atoms with Crippen molar-refractivity contribution in [2.75, 3.05) is 51.7 Å². The number of piperazine rings is 1. The number of methoxy groups -OCH3 is 1. The number of pyridine rings is 1. The van der Waals surface area contributed by atoms with E-state index in [4.69, 9.17) is 43.2 Å². The molecule has 2 bridgehead atoms. The van der Waals surface area contributed by atoms with E-state index in [0.717, 1.165) is 67.8 Å². The van der Waals surface area contributed by atoms with E-state index in [0.29, 0.717) is 42.2 Å². The lowest BCUT2D eigenvalue weighted by molar-refractivity contribution is -0.140. The molecule has 5 atom stereocenters. The summed E-state index contributed by atoms with van der Waals surface area (Å²) >= 11 is 0. The fourth-order valence-corrected chi connectivity index (χ4v) is 10.8. The highest BCUT2D eigenvalue weighted by Gasteiger charge is 2.50. The molecule has 0 spiro atoms. The lowest BCUT2D eigenvalue weighted by atomic mass is 9.94. The lowest BCUT2D eigenvalue weighted by Gasteiger charge is -2.42. The largest absolute Gasteiger partial charge is 0.481 e. The van der Waals surface area contributed by atoms with Gasteiger partial charge >= 0.3 is 18.1 Å². The third-order valence-corrected chi connectivity index (χ3v) is 13.7. The summed E-state index contributed by atoms with van der Waals surface area (Å²) in [5.74, 6) is -1.05. The number of anilines is 1. The Morgan fingerprint density at radius 1 is 1.03 bits per heavy atom. The minimum atomic E-state index is -0.974. The summed E-state index contributed by atoms with van der Waals surface area (Å²) in [6.45, 7) is 13.7. The number of amides is 1. The number of halogens is 1. The third kappa shape index (κ3) is 8.67. The number of aliphatic carboxylic acids is 1. The van der Waals surface area contributed by atoms with E-state index in [1.165, 1.54) is 0 Å². The minimum absolute atomic E-state index is 0.0229. The predicted molar refractivity (Wildman–Crippen MR) is 244 cm³/mol. The summed E-state index contributed by atoms with van der Waals surface area (Å²) in [5.41, 5.74) is 0.863. The first-order chi connectivity index (χ1) is 31.7. The number of fused-ring (bicyclic) bond motifs is 5. The van der Waals surface area contributed by atoms with Gasteiger partial charge in [0.25, 0.3) is 5.88 Å².